The van der Waals surface area contributed by atoms with E-state index in [-0.39, 0.29) is 11.9 Å². The lowest BCUT2D eigenvalue weighted by Gasteiger charge is -2.35. The number of hydrogen-bond donors (Lipinski definition) is 1. The number of amides is 1. The Morgan fingerprint density at radius 3 is 2.96 bits per heavy atom. The molecule has 1 atom stereocenters. The summed E-state index contributed by atoms with van der Waals surface area (Å²) in [7, 11) is 1.66. The van der Waals surface area contributed by atoms with Gasteiger partial charge in [0.2, 0.25) is 5.91 Å². The molecular weight excluding hydrogens is 302 g/mol. The van der Waals surface area contributed by atoms with Gasteiger partial charge < -0.3 is 19.5 Å². The number of ether oxygens (including phenoxy) is 1. The third-order valence-corrected chi connectivity index (χ3v) is 4.67. The highest BCUT2D eigenvalue weighted by Crippen LogP contribution is 2.27. The fourth-order valence-electron chi connectivity index (χ4n) is 3.33. The topological polar surface area (TPSA) is 46.5 Å². The number of hydrogen-bond acceptors (Lipinski definition) is 3. The van der Waals surface area contributed by atoms with Gasteiger partial charge in [-0.15, -0.1) is 0 Å². The molecule has 0 aliphatic carbocycles. The molecule has 1 unspecified atom stereocenters. The first-order valence-electron chi connectivity index (χ1n) is 8.43. The average Bonchev–Trinajstić information content (AvgIpc) is 3.05. The van der Waals surface area contributed by atoms with Crippen LogP contribution in [0.3, 0.4) is 0 Å². The Kier molecular flexibility index (Phi) is 4.79. The zero-order valence-corrected chi connectivity index (χ0v) is 14.6. The summed E-state index contributed by atoms with van der Waals surface area (Å²) in [5.74, 6) is 0.992. The van der Waals surface area contributed by atoms with E-state index in [0.29, 0.717) is 13.0 Å². The zero-order valence-electron chi connectivity index (χ0n) is 14.6. The van der Waals surface area contributed by atoms with Crippen LogP contribution in [-0.2, 0) is 11.3 Å². The van der Waals surface area contributed by atoms with Crippen molar-refractivity contribution in [1.29, 1.82) is 0 Å². The van der Waals surface area contributed by atoms with Gasteiger partial charge in [0.15, 0.2) is 0 Å². The Balaban J connectivity index is 1.58. The molecule has 3 rings (SSSR count). The summed E-state index contributed by atoms with van der Waals surface area (Å²) in [6, 6.07) is 10.3. The second kappa shape index (κ2) is 6.99. The van der Waals surface area contributed by atoms with Crippen LogP contribution in [0.2, 0.25) is 0 Å². The van der Waals surface area contributed by atoms with Gasteiger partial charge in [-0.3, -0.25) is 4.79 Å². The third-order valence-electron chi connectivity index (χ3n) is 4.67. The Morgan fingerprint density at radius 1 is 1.33 bits per heavy atom. The molecule has 2 aromatic rings. The molecule has 0 saturated carbocycles. The number of nitrogens with zero attached hydrogens (tertiary/aromatic N) is 2. The second-order valence-corrected chi connectivity index (χ2v) is 6.27. The van der Waals surface area contributed by atoms with Crippen LogP contribution >= 0.6 is 0 Å². The first-order valence-corrected chi connectivity index (χ1v) is 8.43. The SMILES string of the molecule is COc1ccc(C)cc1NCCC(=O)N1CCn2cccc2C1C. The number of aromatic nitrogens is 1. The van der Waals surface area contributed by atoms with Crippen molar-refractivity contribution in [1.82, 2.24) is 9.47 Å². The van der Waals surface area contributed by atoms with Crippen LogP contribution in [0.5, 0.6) is 5.75 Å². The van der Waals surface area contributed by atoms with Crippen LogP contribution in [0.15, 0.2) is 36.5 Å². The first-order chi connectivity index (χ1) is 11.6. The molecule has 1 aliphatic heterocycles. The van der Waals surface area contributed by atoms with Crippen molar-refractivity contribution in [3.05, 3.63) is 47.8 Å². The van der Waals surface area contributed by atoms with E-state index in [0.717, 1.165) is 30.1 Å². The number of aryl methyl sites for hydroxylation is 1. The highest BCUT2D eigenvalue weighted by molar-refractivity contribution is 5.77. The van der Waals surface area contributed by atoms with Crippen LogP contribution in [0.4, 0.5) is 5.69 Å². The van der Waals surface area contributed by atoms with Gasteiger partial charge in [-0.1, -0.05) is 6.07 Å². The van der Waals surface area contributed by atoms with Gasteiger partial charge >= 0.3 is 0 Å². The molecule has 1 aromatic heterocycles. The first kappa shape index (κ1) is 16.4. The van der Waals surface area contributed by atoms with Crippen molar-refractivity contribution in [3.63, 3.8) is 0 Å². The third kappa shape index (κ3) is 3.25. The Bertz CT molecular complexity index is 723. The van der Waals surface area contributed by atoms with Gasteiger partial charge in [0, 0.05) is 37.9 Å². The fourth-order valence-corrected chi connectivity index (χ4v) is 3.33. The molecule has 24 heavy (non-hydrogen) atoms. The molecule has 5 heteroatoms. The molecule has 0 saturated heterocycles. The number of carbonyl (C=O) groups is 1. The summed E-state index contributed by atoms with van der Waals surface area (Å²) in [4.78, 5) is 14.6. The summed E-state index contributed by atoms with van der Waals surface area (Å²) < 4.78 is 7.59. The summed E-state index contributed by atoms with van der Waals surface area (Å²) in [5.41, 5.74) is 3.31. The second-order valence-electron chi connectivity index (χ2n) is 6.27. The van der Waals surface area contributed by atoms with E-state index in [1.54, 1.807) is 7.11 Å². The van der Waals surface area contributed by atoms with Gasteiger partial charge in [-0.25, -0.2) is 0 Å². The van der Waals surface area contributed by atoms with Crippen LogP contribution < -0.4 is 10.1 Å². The summed E-state index contributed by atoms with van der Waals surface area (Å²) in [6.45, 7) is 6.38. The van der Waals surface area contributed by atoms with Crippen LogP contribution in [0.1, 0.15) is 30.6 Å². The molecule has 0 fully saturated rings. The number of methoxy groups -OCH3 is 1. The van der Waals surface area contributed by atoms with E-state index in [4.69, 9.17) is 4.74 Å². The Labute approximate surface area is 143 Å². The van der Waals surface area contributed by atoms with E-state index in [9.17, 15) is 4.79 Å². The van der Waals surface area contributed by atoms with E-state index < -0.39 is 0 Å². The normalized spacial score (nSPS) is 16.6. The standard InChI is InChI=1S/C19H25N3O2/c1-14-6-7-18(24-3)16(13-14)20-9-8-19(23)22-12-11-21-10-4-5-17(21)15(22)2/h4-7,10,13,15,20H,8-9,11-12H2,1-3H3. The van der Waals surface area contributed by atoms with Gasteiger partial charge in [0.25, 0.3) is 0 Å². The zero-order chi connectivity index (χ0) is 17.1. The van der Waals surface area contributed by atoms with Crippen molar-refractivity contribution in [2.45, 2.75) is 32.9 Å². The maximum atomic E-state index is 12.6. The highest BCUT2D eigenvalue weighted by atomic mass is 16.5. The largest absolute Gasteiger partial charge is 0.495 e. The van der Waals surface area contributed by atoms with Crippen molar-refractivity contribution in [2.75, 3.05) is 25.5 Å². The Hall–Kier alpha value is -2.43. The van der Waals surface area contributed by atoms with Crippen LogP contribution in [0.25, 0.3) is 0 Å². The molecule has 5 nitrogen and oxygen atoms in total. The van der Waals surface area contributed by atoms with Crippen LogP contribution in [-0.4, -0.2) is 35.6 Å². The lowest BCUT2D eigenvalue weighted by Crippen LogP contribution is -2.41. The number of nitrogens with one attached hydrogen (secondary N) is 1. The van der Waals surface area contributed by atoms with E-state index in [1.807, 2.05) is 36.1 Å². The minimum Gasteiger partial charge on any atom is -0.495 e. The number of fused-ring (bicyclic) bond motifs is 1. The number of rotatable bonds is 5. The molecule has 0 bridgehead atoms. The molecule has 0 radical (unpaired) electrons. The molecule has 0 spiro atoms. The minimum atomic E-state index is 0.134. The lowest BCUT2D eigenvalue weighted by atomic mass is 10.1. The Morgan fingerprint density at radius 2 is 2.17 bits per heavy atom. The molecule has 1 N–H and O–H groups in total. The predicted molar refractivity (Wildman–Crippen MR) is 95.4 cm³/mol. The number of anilines is 1. The highest BCUT2D eigenvalue weighted by Gasteiger charge is 2.26. The number of benzene rings is 1. The number of carbonyl (C=O) groups excluding carboxylic acids is 1. The predicted octanol–water partition coefficient (Wildman–Crippen LogP) is 3.21. The molecule has 1 amide bonds. The van der Waals surface area contributed by atoms with Crippen molar-refractivity contribution >= 4 is 11.6 Å². The van der Waals surface area contributed by atoms with Crippen molar-refractivity contribution < 1.29 is 9.53 Å². The van der Waals surface area contributed by atoms with Gasteiger partial charge in [-0.2, -0.15) is 0 Å². The summed E-state index contributed by atoms with van der Waals surface area (Å²) in [5, 5.41) is 3.33. The smallest absolute Gasteiger partial charge is 0.224 e. The lowest BCUT2D eigenvalue weighted by molar-refractivity contribution is -0.134. The van der Waals surface area contributed by atoms with Crippen LogP contribution in [0, 0.1) is 6.92 Å². The van der Waals surface area contributed by atoms with Crippen molar-refractivity contribution in [2.24, 2.45) is 0 Å². The molecule has 1 aliphatic rings. The molecule has 1 aromatic carbocycles. The van der Waals surface area contributed by atoms with Gasteiger partial charge in [0.05, 0.1) is 18.8 Å². The maximum Gasteiger partial charge on any atom is 0.224 e. The van der Waals surface area contributed by atoms with E-state index >= 15 is 0 Å². The summed E-state index contributed by atoms with van der Waals surface area (Å²) in [6.07, 6.45) is 2.56. The van der Waals surface area contributed by atoms with Crippen molar-refractivity contribution in [3.8, 4) is 5.75 Å². The van der Waals surface area contributed by atoms with E-state index in [1.165, 1.54) is 5.69 Å². The average molecular weight is 327 g/mol. The fraction of sp³-hybridized carbons (Fsp3) is 0.421. The molecular formula is C19H25N3O2. The quantitative estimate of drug-likeness (QED) is 0.917. The van der Waals surface area contributed by atoms with Gasteiger partial charge in [-0.05, 0) is 43.7 Å². The molecule has 2 heterocycles. The minimum absolute atomic E-state index is 0.134. The monoisotopic (exact) mass is 327 g/mol. The van der Waals surface area contributed by atoms with Gasteiger partial charge in [0.1, 0.15) is 5.75 Å². The molecule has 128 valence electrons. The summed E-state index contributed by atoms with van der Waals surface area (Å²) >= 11 is 0. The van der Waals surface area contributed by atoms with E-state index in [2.05, 4.69) is 29.1 Å². The maximum absolute atomic E-state index is 12.6.